The number of hydrogen-bond donors (Lipinski definition) is 1. The van der Waals surface area contributed by atoms with Crippen LogP contribution < -0.4 is 0 Å². The topological polar surface area (TPSA) is 47.3 Å². The highest BCUT2D eigenvalue weighted by Crippen LogP contribution is 2.17. The van der Waals surface area contributed by atoms with E-state index in [0.29, 0.717) is 12.5 Å². The lowest BCUT2D eigenvalue weighted by molar-refractivity contribution is 0.123. The third-order valence-corrected chi connectivity index (χ3v) is 3.19. The van der Waals surface area contributed by atoms with Crippen LogP contribution in [-0.2, 0) is 0 Å². The molecule has 1 unspecified atom stereocenters. The van der Waals surface area contributed by atoms with Crippen LogP contribution in [0, 0.1) is 11.3 Å². The maximum Gasteiger partial charge on any atom is 0.0621 e. The van der Waals surface area contributed by atoms with Gasteiger partial charge < -0.3 is 5.11 Å². The average molecular weight is 210 g/mol. The first-order chi connectivity index (χ1) is 7.38. The molecule has 1 rings (SSSR count). The number of likely N-dealkylation sites (tertiary alicyclic amines) is 1. The van der Waals surface area contributed by atoms with Crippen LogP contribution in [0.5, 0.6) is 0 Å². The molecule has 0 saturated carbocycles. The number of rotatable bonds is 5. The molecule has 0 bridgehead atoms. The number of nitrogens with zero attached hydrogens (tertiary/aromatic N) is 2. The molecule has 1 saturated heterocycles. The zero-order valence-corrected chi connectivity index (χ0v) is 9.49. The SMILES string of the molecule is N#CCCCCN1CCCCCC1CO. The van der Waals surface area contributed by atoms with Crippen molar-refractivity contribution in [2.45, 2.75) is 51.0 Å². The Morgan fingerprint density at radius 2 is 2.13 bits per heavy atom. The van der Waals surface area contributed by atoms with Crippen molar-refractivity contribution in [3.05, 3.63) is 0 Å². The van der Waals surface area contributed by atoms with Crippen molar-refractivity contribution in [3.8, 4) is 6.07 Å². The van der Waals surface area contributed by atoms with Crippen LogP contribution in [0.15, 0.2) is 0 Å². The summed E-state index contributed by atoms with van der Waals surface area (Å²) >= 11 is 0. The molecule has 1 N–H and O–H groups in total. The Kier molecular flexibility index (Phi) is 6.38. The van der Waals surface area contributed by atoms with Gasteiger partial charge in [-0.1, -0.05) is 12.8 Å². The van der Waals surface area contributed by atoms with Gasteiger partial charge in [-0.25, -0.2) is 0 Å². The van der Waals surface area contributed by atoms with E-state index in [1.165, 1.54) is 19.3 Å². The van der Waals surface area contributed by atoms with Gasteiger partial charge in [0.1, 0.15) is 0 Å². The minimum Gasteiger partial charge on any atom is -0.395 e. The van der Waals surface area contributed by atoms with Gasteiger partial charge in [-0.2, -0.15) is 5.26 Å². The van der Waals surface area contributed by atoms with Crippen molar-refractivity contribution < 1.29 is 5.11 Å². The van der Waals surface area contributed by atoms with Gasteiger partial charge in [0.2, 0.25) is 0 Å². The number of hydrogen-bond acceptors (Lipinski definition) is 3. The second-order valence-corrected chi connectivity index (χ2v) is 4.34. The molecule has 0 aromatic rings. The van der Waals surface area contributed by atoms with Crippen molar-refractivity contribution in [1.82, 2.24) is 4.90 Å². The number of aliphatic hydroxyl groups is 1. The van der Waals surface area contributed by atoms with E-state index in [1.807, 2.05) is 0 Å². The Balaban J connectivity index is 2.25. The Bertz CT molecular complexity index is 200. The summed E-state index contributed by atoms with van der Waals surface area (Å²) in [5.74, 6) is 0. The highest BCUT2D eigenvalue weighted by molar-refractivity contribution is 4.75. The van der Waals surface area contributed by atoms with E-state index in [9.17, 15) is 5.11 Å². The fourth-order valence-electron chi connectivity index (χ4n) is 2.26. The lowest BCUT2D eigenvalue weighted by atomic mass is 10.1. The van der Waals surface area contributed by atoms with Gasteiger partial charge in [-0.15, -0.1) is 0 Å². The lowest BCUT2D eigenvalue weighted by Crippen LogP contribution is -2.38. The summed E-state index contributed by atoms with van der Waals surface area (Å²) in [5, 5.41) is 17.7. The van der Waals surface area contributed by atoms with E-state index in [2.05, 4.69) is 11.0 Å². The first-order valence-electron chi connectivity index (χ1n) is 6.10. The predicted octanol–water partition coefficient (Wildman–Crippen LogP) is 1.92. The average Bonchev–Trinajstić information content (AvgIpc) is 2.49. The standard InChI is InChI=1S/C12H22N2O/c13-8-4-2-6-10-14-9-5-1-3-7-12(14)11-15/h12,15H,1-7,9-11H2. The molecular formula is C12H22N2O. The maximum absolute atomic E-state index is 9.30. The Labute approximate surface area is 92.7 Å². The fourth-order valence-corrected chi connectivity index (χ4v) is 2.26. The molecule has 15 heavy (non-hydrogen) atoms. The minimum atomic E-state index is 0.290. The fraction of sp³-hybridized carbons (Fsp3) is 0.917. The largest absolute Gasteiger partial charge is 0.395 e. The summed E-state index contributed by atoms with van der Waals surface area (Å²) in [6.07, 6.45) is 7.68. The summed E-state index contributed by atoms with van der Waals surface area (Å²) in [6.45, 7) is 2.46. The molecule has 0 aromatic carbocycles. The molecule has 0 spiro atoms. The van der Waals surface area contributed by atoms with Crippen LogP contribution in [0.4, 0.5) is 0 Å². The van der Waals surface area contributed by atoms with Crippen molar-refractivity contribution in [1.29, 1.82) is 5.26 Å². The summed E-state index contributed by atoms with van der Waals surface area (Å²) in [5.41, 5.74) is 0. The van der Waals surface area contributed by atoms with Gasteiger partial charge in [0.25, 0.3) is 0 Å². The molecule has 1 atom stereocenters. The van der Waals surface area contributed by atoms with Crippen LogP contribution in [0.3, 0.4) is 0 Å². The molecule has 1 heterocycles. The van der Waals surface area contributed by atoms with Crippen LogP contribution in [0.2, 0.25) is 0 Å². The number of nitriles is 1. The van der Waals surface area contributed by atoms with E-state index < -0.39 is 0 Å². The molecule has 1 aliphatic heterocycles. The molecule has 0 amide bonds. The summed E-state index contributed by atoms with van der Waals surface area (Å²) in [4.78, 5) is 2.41. The van der Waals surface area contributed by atoms with Crippen molar-refractivity contribution in [2.75, 3.05) is 19.7 Å². The van der Waals surface area contributed by atoms with Crippen molar-refractivity contribution >= 4 is 0 Å². The normalized spacial score (nSPS) is 23.3. The molecule has 0 aliphatic carbocycles. The first kappa shape index (κ1) is 12.5. The molecular weight excluding hydrogens is 188 g/mol. The smallest absolute Gasteiger partial charge is 0.0621 e. The van der Waals surface area contributed by atoms with Gasteiger partial charge in [-0.3, -0.25) is 4.90 Å². The van der Waals surface area contributed by atoms with E-state index in [1.54, 1.807) is 0 Å². The molecule has 3 nitrogen and oxygen atoms in total. The van der Waals surface area contributed by atoms with Crippen LogP contribution in [0.25, 0.3) is 0 Å². The lowest BCUT2D eigenvalue weighted by Gasteiger charge is -2.28. The predicted molar refractivity (Wildman–Crippen MR) is 60.4 cm³/mol. The molecule has 86 valence electrons. The highest BCUT2D eigenvalue weighted by Gasteiger charge is 2.19. The molecule has 3 heteroatoms. The monoisotopic (exact) mass is 210 g/mol. The van der Waals surface area contributed by atoms with E-state index in [-0.39, 0.29) is 6.61 Å². The van der Waals surface area contributed by atoms with Gasteiger partial charge >= 0.3 is 0 Å². The Morgan fingerprint density at radius 3 is 2.87 bits per heavy atom. The minimum absolute atomic E-state index is 0.290. The highest BCUT2D eigenvalue weighted by atomic mass is 16.3. The van der Waals surface area contributed by atoms with Crippen LogP contribution in [0.1, 0.15) is 44.9 Å². The summed E-state index contributed by atoms with van der Waals surface area (Å²) < 4.78 is 0. The third-order valence-electron chi connectivity index (χ3n) is 3.19. The number of unbranched alkanes of at least 4 members (excludes halogenated alkanes) is 2. The zero-order valence-electron chi connectivity index (χ0n) is 9.49. The van der Waals surface area contributed by atoms with E-state index >= 15 is 0 Å². The Hall–Kier alpha value is -0.590. The van der Waals surface area contributed by atoms with Crippen molar-refractivity contribution in [3.63, 3.8) is 0 Å². The molecule has 0 aromatic heterocycles. The van der Waals surface area contributed by atoms with Gasteiger partial charge in [0.05, 0.1) is 12.7 Å². The molecule has 1 fully saturated rings. The van der Waals surface area contributed by atoms with Crippen LogP contribution in [-0.4, -0.2) is 35.7 Å². The third kappa shape index (κ3) is 4.63. The van der Waals surface area contributed by atoms with Crippen molar-refractivity contribution in [2.24, 2.45) is 0 Å². The van der Waals surface area contributed by atoms with E-state index in [0.717, 1.165) is 32.4 Å². The van der Waals surface area contributed by atoms with Gasteiger partial charge in [0, 0.05) is 12.5 Å². The van der Waals surface area contributed by atoms with Gasteiger partial charge in [0.15, 0.2) is 0 Å². The summed E-state index contributed by atoms with van der Waals surface area (Å²) in [7, 11) is 0. The quantitative estimate of drug-likeness (QED) is 0.705. The Morgan fingerprint density at radius 1 is 1.27 bits per heavy atom. The van der Waals surface area contributed by atoms with Gasteiger partial charge in [-0.05, 0) is 38.8 Å². The summed E-state index contributed by atoms with van der Waals surface area (Å²) in [6, 6.07) is 2.55. The number of aliphatic hydroxyl groups excluding tert-OH is 1. The zero-order chi connectivity index (χ0) is 10.9. The second-order valence-electron chi connectivity index (χ2n) is 4.34. The van der Waals surface area contributed by atoms with Crippen LogP contribution >= 0.6 is 0 Å². The molecule has 1 aliphatic rings. The van der Waals surface area contributed by atoms with E-state index in [4.69, 9.17) is 5.26 Å². The second kappa shape index (κ2) is 7.67. The maximum atomic E-state index is 9.30. The molecule has 0 radical (unpaired) electrons. The first-order valence-corrected chi connectivity index (χ1v) is 6.10.